The van der Waals surface area contributed by atoms with Crippen molar-refractivity contribution in [3.05, 3.63) is 46.2 Å². The van der Waals surface area contributed by atoms with Gasteiger partial charge in [0.1, 0.15) is 0 Å². The van der Waals surface area contributed by atoms with Crippen LogP contribution in [0.5, 0.6) is 0 Å². The Hall–Kier alpha value is -1.61. The maximum Gasteiger partial charge on any atom is 0.255 e. The molecule has 0 saturated heterocycles. The van der Waals surface area contributed by atoms with Gasteiger partial charge in [-0.1, -0.05) is 38.0 Å². The Bertz CT molecular complexity index is 728. The second-order valence-corrected chi connectivity index (χ2v) is 6.96. The number of hydrogen-bond donors (Lipinski definition) is 0. The van der Waals surface area contributed by atoms with E-state index in [1.165, 1.54) is 25.7 Å². The van der Waals surface area contributed by atoms with E-state index in [9.17, 15) is 4.79 Å². The van der Waals surface area contributed by atoms with E-state index in [1.807, 2.05) is 25.2 Å². The Labute approximate surface area is 138 Å². The van der Waals surface area contributed by atoms with Crippen LogP contribution in [-0.4, -0.2) is 21.6 Å². The number of pyridine rings is 1. The molecule has 124 valence electrons. The van der Waals surface area contributed by atoms with E-state index in [2.05, 4.69) is 30.9 Å². The van der Waals surface area contributed by atoms with Gasteiger partial charge in [-0.3, -0.25) is 9.69 Å². The van der Waals surface area contributed by atoms with Crippen molar-refractivity contribution in [3.63, 3.8) is 0 Å². The first-order valence-electron chi connectivity index (χ1n) is 8.95. The third-order valence-corrected chi connectivity index (χ3v) is 5.51. The minimum Gasteiger partial charge on any atom is -0.311 e. The molecule has 1 saturated carbocycles. The molecule has 0 unspecified atom stereocenters. The maximum atomic E-state index is 12.8. The number of fused-ring (bicyclic) bond motifs is 1. The molecule has 3 heteroatoms. The highest BCUT2D eigenvalue weighted by Crippen LogP contribution is 2.27. The molecular weight excluding hydrogens is 284 g/mol. The highest BCUT2D eigenvalue weighted by molar-refractivity contribution is 5.79. The van der Waals surface area contributed by atoms with Gasteiger partial charge >= 0.3 is 0 Å². The molecule has 1 aromatic carbocycles. The smallest absolute Gasteiger partial charge is 0.255 e. The molecule has 0 aliphatic heterocycles. The molecule has 1 aliphatic rings. The minimum absolute atomic E-state index is 0.148. The van der Waals surface area contributed by atoms with Crippen molar-refractivity contribution in [2.45, 2.75) is 64.6 Å². The highest BCUT2D eigenvalue weighted by atomic mass is 16.1. The zero-order valence-corrected chi connectivity index (χ0v) is 14.6. The third-order valence-electron chi connectivity index (χ3n) is 5.51. The summed E-state index contributed by atoms with van der Waals surface area (Å²) in [6.07, 6.45) is 6.33. The summed E-state index contributed by atoms with van der Waals surface area (Å²) in [4.78, 5) is 15.3. The van der Waals surface area contributed by atoms with Crippen molar-refractivity contribution in [2.24, 2.45) is 7.05 Å². The van der Waals surface area contributed by atoms with Crippen molar-refractivity contribution < 1.29 is 0 Å². The lowest BCUT2D eigenvalue weighted by Crippen LogP contribution is -2.41. The largest absolute Gasteiger partial charge is 0.311 e. The summed E-state index contributed by atoms with van der Waals surface area (Å²) in [5, 5.41) is 1.15. The van der Waals surface area contributed by atoms with Crippen LogP contribution >= 0.6 is 0 Å². The molecule has 0 amide bonds. The van der Waals surface area contributed by atoms with E-state index in [1.54, 1.807) is 4.57 Å². The Morgan fingerprint density at radius 3 is 2.65 bits per heavy atom. The zero-order chi connectivity index (χ0) is 16.4. The van der Waals surface area contributed by atoms with Crippen molar-refractivity contribution >= 4 is 10.9 Å². The Balaban J connectivity index is 1.98. The average Bonchev–Trinajstić information content (AvgIpc) is 3.10. The van der Waals surface area contributed by atoms with Gasteiger partial charge in [-0.25, -0.2) is 0 Å². The van der Waals surface area contributed by atoms with Crippen molar-refractivity contribution in [1.29, 1.82) is 0 Å². The quantitative estimate of drug-likeness (QED) is 0.831. The number of para-hydroxylation sites is 1. The fraction of sp³-hybridized carbons (Fsp3) is 0.550. The van der Waals surface area contributed by atoms with Crippen molar-refractivity contribution in [3.8, 4) is 0 Å². The van der Waals surface area contributed by atoms with E-state index in [0.717, 1.165) is 29.4 Å². The number of hydrogen-bond acceptors (Lipinski definition) is 2. The van der Waals surface area contributed by atoms with Gasteiger partial charge in [0.15, 0.2) is 0 Å². The molecule has 1 aliphatic carbocycles. The summed E-state index contributed by atoms with van der Waals surface area (Å²) in [7, 11) is 1.89. The summed E-state index contributed by atoms with van der Waals surface area (Å²) in [6.45, 7) is 5.31. The lowest BCUT2D eigenvalue weighted by atomic mass is 10.1. The topological polar surface area (TPSA) is 25.2 Å². The number of aryl methyl sites for hydroxylation is 1. The first-order chi connectivity index (χ1) is 11.1. The summed E-state index contributed by atoms with van der Waals surface area (Å²) in [6, 6.07) is 11.4. The summed E-state index contributed by atoms with van der Waals surface area (Å²) in [5.41, 5.74) is 2.09. The monoisotopic (exact) mass is 312 g/mol. The van der Waals surface area contributed by atoms with Crippen LogP contribution in [0.1, 0.15) is 51.5 Å². The van der Waals surface area contributed by atoms with Gasteiger partial charge in [-0.15, -0.1) is 0 Å². The van der Waals surface area contributed by atoms with Crippen LogP contribution in [0.2, 0.25) is 0 Å². The second-order valence-electron chi connectivity index (χ2n) is 6.96. The lowest BCUT2D eigenvalue weighted by molar-refractivity contribution is 0.132. The number of nitrogens with zero attached hydrogens (tertiary/aromatic N) is 2. The number of rotatable bonds is 5. The van der Waals surface area contributed by atoms with E-state index >= 15 is 0 Å². The molecule has 1 fully saturated rings. The molecule has 1 atom stereocenters. The predicted molar refractivity (Wildman–Crippen MR) is 96.7 cm³/mol. The molecule has 3 nitrogen and oxygen atoms in total. The molecule has 2 aromatic rings. The van der Waals surface area contributed by atoms with E-state index < -0.39 is 0 Å². The van der Waals surface area contributed by atoms with Gasteiger partial charge in [0.25, 0.3) is 5.56 Å². The molecule has 0 N–H and O–H groups in total. The van der Waals surface area contributed by atoms with Gasteiger partial charge in [0.05, 0.1) is 5.52 Å². The van der Waals surface area contributed by atoms with Crippen molar-refractivity contribution in [2.75, 3.05) is 0 Å². The number of benzene rings is 1. The lowest BCUT2D eigenvalue weighted by Gasteiger charge is -2.34. The van der Waals surface area contributed by atoms with Crippen LogP contribution in [0.25, 0.3) is 10.9 Å². The van der Waals surface area contributed by atoms with Gasteiger partial charge in [0, 0.05) is 31.2 Å². The standard InChI is InChI=1S/C20H28N2O/c1-4-15(2)22(18-10-6-7-11-18)14-17-13-16-9-5-8-12-19(16)21(3)20(17)23/h5,8-9,12-13,15,18H,4,6-7,10-11,14H2,1-3H3/t15-/m0/s1. The SMILES string of the molecule is CC[C@H](C)N(Cc1cc2ccccc2n(C)c1=O)C1CCCC1. The van der Waals surface area contributed by atoms with E-state index in [-0.39, 0.29) is 5.56 Å². The summed E-state index contributed by atoms with van der Waals surface area (Å²) in [5.74, 6) is 0. The summed E-state index contributed by atoms with van der Waals surface area (Å²) >= 11 is 0. The van der Waals surface area contributed by atoms with Crippen LogP contribution in [0.4, 0.5) is 0 Å². The Kier molecular flexibility index (Phi) is 4.86. The van der Waals surface area contributed by atoms with Crippen LogP contribution in [0.3, 0.4) is 0 Å². The van der Waals surface area contributed by atoms with E-state index in [0.29, 0.717) is 12.1 Å². The molecule has 0 spiro atoms. The Morgan fingerprint density at radius 1 is 1.26 bits per heavy atom. The molecule has 1 heterocycles. The first kappa shape index (κ1) is 16.3. The van der Waals surface area contributed by atoms with Gasteiger partial charge in [0.2, 0.25) is 0 Å². The highest BCUT2D eigenvalue weighted by Gasteiger charge is 2.26. The Morgan fingerprint density at radius 2 is 1.96 bits per heavy atom. The van der Waals surface area contributed by atoms with E-state index in [4.69, 9.17) is 0 Å². The zero-order valence-electron chi connectivity index (χ0n) is 14.6. The normalized spacial score (nSPS) is 17.2. The van der Waals surface area contributed by atoms with Crippen molar-refractivity contribution in [1.82, 2.24) is 9.47 Å². The third kappa shape index (κ3) is 3.20. The van der Waals surface area contributed by atoms with Crippen LogP contribution in [-0.2, 0) is 13.6 Å². The molecule has 23 heavy (non-hydrogen) atoms. The van der Waals surface area contributed by atoms with Gasteiger partial charge < -0.3 is 4.57 Å². The molecule has 1 aromatic heterocycles. The second kappa shape index (κ2) is 6.88. The summed E-state index contributed by atoms with van der Waals surface area (Å²) < 4.78 is 1.80. The van der Waals surface area contributed by atoms with Crippen LogP contribution in [0.15, 0.2) is 35.1 Å². The fourth-order valence-corrected chi connectivity index (χ4v) is 3.91. The molecule has 0 bridgehead atoms. The molecule has 3 rings (SSSR count). The predicted octanol–water partition coefficient (Wildman–Crippen LogP) is 4.08. The van der Waals surface area contributed by atoms with Crippen LogP contribution in [0, 0.1) is 0 Å². The molecule has 0 radical (unpaired) electrons. The number of aromatic nitrogens is 1. The fourth-order valence-electron chi connectivity index (χ4n) is 3.91. The van der Waals surface area contributed by atoms with Gasteiger partial charge in [-0.05, 0) is 43.7 Å². The molecular formula is C20H28N2O. The van der Waals surface area contributed by atoms with Gasteiger partial charge in [-0.2, -0.15) is 0 Å². The average molecular weight is 312 g/mol. The van der Waals surface area contributed by atoms with Crippen LogP contribution < -0.4 is 5.56 Å². The maximum absolute atomic E-state index is 12.8. The minimum atomic E-state index is 0.148. The first-order valence-corrected chi connectivity index (χ1v) is 8.95.